The second-order valence-electron chi connectivity index (χ2n) is 7.28. The quantitative estimate of drug-likeness (QED) is 0.576. The lowest BCUT2D eigenvalue weighted by Gasteiger charge is -2.35. The molecule has 0 spiro atoms. The number of thiophene rings is 2. The van der Waals surface area contributed by atoms with Crippen LogP contribution in [0.5, 0.6) is 5.75 Å². The predicted octanol–water partition coefficient (Wildman–Crippen LogP) is 5.11. The molecular formula is C23H26N2O3S2. The lowest BCUT2D eigenvalue weighted by Crippen LogP contribution is -2.39. The highest BCUT2D eigenvalue weighted by Crippen LogP contribution is 2.43. The summed E-state index contributed by atoms with van der Waals surface area (Å²) in [6.45, 7) is 7.37. The van der Waals surface area contributed by atoms with E-state index >= 15 is 0 Å². The Morgan fingerprint density at radius 1 is 1.20 bits per heavy atom. The van der Waals surface area contributed by atoms with Crippen LogP contribution in [-0.4, -0.2) is 44.2 Å². The molecule has 2 aromatic heterocycles. The van der Waals surface area contributed by atoms with Gasteiger partial charge in [-0.25, -0.2) is 0 Å². The van der Waals surface area contributed by atoms with Gasteiger partial charge in [0.15, 0.2) is 0 Å². The smallest absolute Gasteiger partial charge is 0.266 e. The van der Waals surface area contributed by atoms with Crippen LogP contribution in [0.3, 0.4) is 0 Å². The van der Waals surface area contributed by atoms with Gasteiger partial charge in [-0.05, 0) is 48.6 Å². The zero-order chi connectivity index (χ0) is 21.1. The molecule has 30 heavy (non-hydrogen) atoms. The van der Waals surface area contributed by atoms with Crippen molar-refractivity contribution in [2.45, 2.75) is 19.9 Å². The Hall–Kier alpha value is -2.19. The fraction of sp³-hybridized carbons (Fsp3) is 0.348. The van der Waals surface area contributed by atoms with Crippen LogP contribution in [0.4, 0.5) is 5.00 Å². The molecule has 3 heterocycles. The maximum Gasteiger partial charge on any atom is 0.266 e. The summed E-state index contributed by atoms with van der Waals surface area (Å²) in [4.78, 5) is 17.2. The predicted molar refractivity (Wildman–Crippen MR) is 123 cm³/mol. The fourth-order valence-electron chi connectivity index (χ4n) is 3.85. The summed E-state index contributed by atoms with van der Waals surface area (Å²) in [6, 6.07) is 12.0. The van der Waals surface area contributed by atoms with Gasteiger partial charge >= 0.3 is 0 Å². The van der Waals surface area contributed by atoms with Crippen molar-refractivity contribution in [1.82, 2.24) is 4.90 Å². The zero-order valence-electron chi connectivity index (χ0n) is 17.4. The molecule has 7 heteroatoms. The van der Waals surface area contributed by atoms with E-state index in [9.17, 15) is 4.79 Å². The van der Waals surface area contributed by atoms with Crippen molar-refractivity contribution >= 4 is 33.6 Å². The van der Waals surface area contributed by atoms with Gasteiger partial charge in [-0.3, -0.25) is 9.69 Å². The van der Waals surface area contributed by atoms with E-state index in [-0.39, 0.29) is 11.9 Å². The number of morpholine rings is 1. The average molecular weight is 443 g/mol. The van der Waals surface area contributed by atoms with E-state index < -0.39 is 0 Å². The Morgan fingerprint density at radius 3 is 2.70 bits per heavy atom. The van der Waals surface area contributed by atoms with Gasteiger partial charge in [0.1, 0.15) is 10.8 Å². The molecule has 1 fully saturated rings. The van der Waals surface area contributed by atoms with E-state index in [1.165, 1.54) is 21.8 Å². The molecule has 0 aliphatic carbocycles. The van der Waals surface area contributed by atoms with Crippen LogP contribution in [0.1, 0.15) is 37.3 Å². The summed E-state index contributed by atoms with van der Waals surface area (Å²) >= 11 is 3.10. The highest BCUT2D eigenvalue weighted by Gasteiger charge is 2.30. The highest BCUT2D eigenvalue weighted by molar-refractivity contribution is 7.17. The summed E-state index contributed by atoms with van der Waals surface area (Å²) in [5.74, 6) is 0.776. The van der Waals surface area contributed by atoms with Crippen molar-refractivity contribution in [2.75, 3.05) is 38.7 Å². The Morgan fingerprint density at radius 2 is 2.00 bits per heavy atom. The number of aryl methyl sites for hydroxylation is 1. The number of nitrogens with one attached hydrogen (secondary N) is 1. The normalized spacial score (nSPS) is 15.7. The molecule has 0 bridgehead atoms. The lowest BCUT2D eigenvalue weighted by molar-refractivity contribution is 0.0240. The molecule has 1 aliphatic heterocycles. The summed E-state index contributed by atoms with van der Waals surface area (Å²) in [7, 11) is 1.69. The van der Waals surface area contributed by atoms with Gasteiger partial charge in [0.25, 0.3) is 5.91 Å². The molecule has 0 radical (unpaired) electrons. The third kappa shape index (κ3) is 4.30. The SMILES string of the molecule is COc1cccc(C(c2c(NC(=O)c3cccs3)sc(C)c2C)N2CCOCC2)c1. The number of methoxy groups -OCH3 is 1. The Kier molecular flexibility index (Phi) is 6.53. The second kappa shape index (κ2) is 9.31. The molecule has 1 saturated heterocycles. The lowest BCUT2D eigenvalue weighted by atomic mass is 9.94. The molecule has 1 atom stereocenters. The van der Waals surface area contributed by atoms with Crippen LogP contribution in [-0.2, 0) is 4.74 Å². The van der Waals surface area contributed by atoms with E-state index in [0.717, 1.165) is 35.0 Å². The Labute approximate surface area is 185 Å². The number of hydrogen-bond acceptors (Lipinski definition) is 6. The van der Waals surface area contributed by atoms with Gasteiger partial charge in [0, 0.05) is 23.5 Å². The minimum Gasteiger partial charge on any atom is -0.497 e. The zero-order valence-corrected chi connectivity index (χ0v) is 19.1. The van der Waals surface area contributed by atoms with Gasteiger partial charge in [0.05, 0.1) is 31.2 Å². The van der Waals surface area contributed by atoms with E-state index in [0.29, 0.717) is 18.1 Å². The molecule has 0 saturated carbocycles. The number of hydrogen-bond donors (Lipinski definition) is 1. The van der Waals surface area contributed by atoms with Crippen LogP contribution < -0.4 is 10.1 Å². The third-order valence-electron chi connectivity index (χ3n) is 5.50. The number of rotatable bonds is 6. The Balaban J connectivity index is 1.78. The van der Waals surface area contributed by atoms with Crippen molar-refractivity contribution < 1.29 is 14.3 Å². The summed E-state index contributed by atoms with van der Waals surface area (Å²) < 4.78 is 11.1. The molecular weight excluding hydrogens is 416 g/mol. The van der Waals surface area contributed by atoms with Crippen molar-refractivity contribution in [3.8, 4) is 5.75 Å². The van der Waals surface area contributed by atoms with Gasteiger partial charge < -0.3 is 14.8 Å². The van der Waals surface area contributed by atoms with Gasteiger partial charge in [-0.15, -0.1) is 22.7 Å². The van der Waals surface area contributed by atoms with Gasteiger partial charge in [0.2, 0.25) is 0 Å². The molecule has 3 aromatic rings. The number of nitrogens with zero attached hydrogens (tertiary/aromatic N) is 1. The number of carbonyl (C=O) groups excluding carboxylic acids is 1. The highest BCUT2D eigenvalue weighted by atomic mass is 32.1. The number of benzene rings is 1. The van der Waals surface area contributed by atoms with E-state index in [1.54, 1.807) is 18.4 Å². The molecule has 1 aromatic carbocycles. The van der Waals surface area contributed by atoms with Crippen LogP contribution in [0.15, 0.2) is 41.8 Å². The van der Waals surface area contributed by atoms with E-state index in [2.05, 4.69) is 36.2 Å². The van der Waals surface area contributed by atoms with Crippen LogP contribution >= 0.6 is 22.7 Å². The Bertz CT molecular complexity index is 1010. The standard InChI is InChI=1S/C23H26N2O3S2/c1-15-16(2)30-23(24-22(26)19-8-5-13-29-19)20(15)21(25-9-11-28-12-10-25)17-6-4-7-18(14-17)27-3/h4-8,13-14,21H,9-12H2,1-3H3,(H,24,26). The van der Waals surface area contributed by atoms with Crippen LogP contribution in [0.25, 0.3) is 0 Å². The maximum atomic E-state index is 12.8. The molecule has 5 nitrogen and oxygen atoms in total. The minimum atomic E-state index is -0.0566. The maximum absolute atomic E-state index is 12.8. The monoisotopic (exact) mass is 442 g/mol. The summed E-state index contributed by atoms with van der Waals surface area (Å²) in [6.07, 6.45) is 0. The van der Waals surface area contributed by atoms with Gasteiger partial charge in [-0.1, -0.05) is 18.2 Å². The first-order valence-electron chi connectivity index (χ1n) is 9.99. The van der Waals surface area contributed by atoms with Gasteiger partial charge in [-0.2, -0.15) is 0 Å². The largest absolute Gasteiger partial charge is 0.497 e. The van der Waals surface area contributed by atoms with E-state index in [4.69, 9.17) is 9.47 Å². The third-order valence-corrected chi connectivity index (χ3v) is 7.50. The summed E-state index contributed by atoms with van der Waals surface area (Å²) in [5, 5.41) is 6.04. The molecule has 158 valence electrons. The molecule has 1 aliphatic rings. The summed E-state index contributed by atoms with van der Waals surface area (Å²) in [5.41, 5.74) is 3.54. The van der Waals surface area contributed by atoms with Crippen molar-refractivity contribution in [3.05, 3.63) is 68.2 Å². The van der Waals surface area contributed by atoms with Crippen molar-refractivity contribution in [1.29, 1.82) is 0 Å². The average Bonchev–Trinajstić information content (AvgIpc) is 3.40. The van der Waals surface area contributed by atoms with Crippen LogP contribution in [0.2, 0.25) is 0 Å². The molecule has 4 rings (SSSR count). The molecule has 1 amide bonds. The first-order chi connectivity index (χ1) is 14.6. The fourth-order valence-corrected chi connectivity index (χ4v) is 5.55. The van der Waals surface area contributed by atoms with Crippen LogP contribution in [0, 0.1) is 13.8 Å². The minimum absolute atomic E-state index is 0.0209. The van der Waals surface area contributed by atoms with Crippen molar-refractivity contribution in [3.63, 3.8) is 0 Å². The second-order valence-corrected chi connectivity index (χ2v) is 9.46. The first-order valence-corrected chi connectivity index (χ1v) is 11.7. The van der Waals surface area contributed by atoms with E-state index in [1.807, 2.05) is 29.6 Å². The number of ether oxygens (including phenoxy) is 2. The number of anilines is 1. The first kappa shape index (κ1) is 21.1. The number of amides is 1. The number of carbonyl (C=O) groups is 1. The van der Waals surface area contributed by atoms with Crippen molar-refractivity contribution in [2.24, 2.45) is 0 Å². The molecule has 1 N–H and O–H groups in total. The topological polar surface area (TPSA) is 50.8 Å². The molecule has 1 unspecified atom stereocenters.